The quantitative estimate of drug-likeness (QED) is 0.409. The molecule has 2 aromatic heterocycles. The number of fused-ring (bicyclic) bond motifs is 4. The molecule has 0 saturated carbocycles. The van der Waals surface area contributed by atoms with E-state index in [1.54, 1.807) is 16.2 Å². The van der Waals surface area contributed by atoms with E-state index in [1.165, 1.54) is 5.56 Å². The molecule has 1 aliphatic rings. The fourth-order valence-corrected chi connectivity index (χ4v) is 5.13. The molecule has 5 nitrogen and oxygen atoms in total. The highest BCUT2D eigenvalue weighted by Crippen LogP contribution is 2.42. The monoisotopic (exact) mass is 422 g/mol. The standard InChI is InChI=1S/C24H30N4OS/c1-7-24(6)12-17-10-8-9-11-18(17)20-19(24)21(29)28-22(25-20)27(13-15(2)3)26-23(28)30-14-16(4)5/h8-11,16H,2,7,12-14H2,1,3-6H3/t24-/m0/s1. The van der Waals surface area contributed by atoms with E-state index >= 15 is 0 Å². The van der Waals surface area contributed by atoms with Crippen molar-refractivity contribution in [3.8, 4) is 11.3 Å². The number of benzene rings is 1. The molecule has 0 bridgehead atoms. The molecule has 4 rings (SSSR count). The van der Waals surface area contributed by atoms with Gasteiger partial charge in [-0.15, -0.1) is 5.10 Å². The van der Waals surface area contributed by atoms with Gasteiger partial charge in [0.2, 0.25) is 5.78 Å². The summed E-state index contributed by atoms with van der Waals surface area (Å²) in [6, 6.07) is 8.33. The van der Waals surface area contributed by atoms with Crippen molar-refractivity contribution in [2.75, 3.05) is 5.75 Å². The number of rotatable bonds is 6. The van der Waals surface area contributed by atoms with Gasteiger partial charge >= 0.3 is 0 Å². The normalized spacial score (nSPS) is 17.9. The Morgan fingerprint density at radius 3 is 2.73 bits per heavy atom. The minimum Gasteiger partial charge on any atom is -0.268 e. The van der Waals surface area contributed by atoms with Gasteiger partial charge < -0.3 is 0 Å². The van der Waals surface area contributed by atoms with E-state index in [9.17, 15) is 4.79 Å². The zero-order chi connectivity index (χ0) is 21.6. The van der Waals surface area contributed by atoms with Crippen LogP contribution in [0.15, 0.2) is 46.4 Å². The number of hydrogen-bond acceptors (Lipinski definition) is 4. The van der Waals surface area contributed by atoms with Crippen molar-refractivity contribution in [3.05, 3.63) is 57.9 Å². The molecular weight excluding hydrogens is 392 g/mol. The maximum absolute atomic E-state index is 14.0. The summed E-state index contributed by atoms with van der Waals surface area (Å²) < 4.78 is 3.56. The van der Waals surface area contributed by atoms with E-state index in [0.29, 0.717) is 18.2 Å². The van der Waals surface area contributed by atoms with Crippen LogP contribution in [-0.4, -0.2) is 24.9 Å². The second-order valence-corrected chi connectivity index (χ2v) is 10.1. The molecule has 0 spiro atoms. The lowest BCUT2D eigenvalue weighted by molar-refractivity contribution is 0.439. The summed E-state index contributed by atoms with van der Waals surface area (Å²) in [5, 5.41) is 5.50. The Hall–Kier alpha value is -2.34. The van der Waals surface area contributed by atoms with Gasteiger partial charge in [-0.2, -0.15) is 0 Å². The Morgan fingerprint density at radius 1 is 1.33 bits per heavy atom. The van der Waals surface area contributed by atoms with E-state index < -0.39 is 0 Å². The molecule has 0 radical (unpaired) electrons. The van der Waals surface area contributed by atoms with E-state index in [0.717, 1.165) is 46.1 Å². The Bertz CT molecular complexity index is 1190. The number of thioether (sulfide) groups is 1. The molecule has 0 amide bonds. The van der Waals surface area contributed by atoms with Crippen LogP contribution < -0.4 is 5.56 Å². The minimum atomic E-state index is -0.245. The van der Waals surface area contributed by atoms with Gasteiger partial charge in [0, 0.05) is 16.7 Å². The van der Waals surface area contributed by atoms with Gasteiger partial charge in [0.15, 0.2) is 5.16 Å². The van der Waals surface area contributed by atoms with E-state index in [1.807, 2.05) is 17.7 Å². The zero-order valence-corrected chi connectivity index (χ0v) is 19.3. The van der Waals surface area contributed by atoms with E-state index in [4.69, 9.17) is 10.1 Å². The Morgan fingerprint density at radius 2 is 2.07 bits per heavy atom. The molecule has 1 atom stereocenters. The van der Waals surface area contributed by atoms with E-state index in [-0.39, 0.29) is 11.0 Å². The van der Waals surface area contributed by atoms with Crippen molar-refractivity contribution in [1.29, 1.82) is 0 Å². The van der Waals surface area contributed by atoms with Crippen LogP contribution in [0.2, 0.25) is 0 Å². The third-order valence-electron chi connectivity index (χ3n) is 5.90. The number of nitrogens with zero attached hydrogens (tertiary/aromatic N) is 4. The van der Waals surface area contributed by atoms with Crippen LogP contribution in [0.5, 0.6) is 0 Å². The molecule has 0 N–H and O–H groups in total. The molecule has 1 aliphatic carbocycles. The summed E-state index contributed by atoms with van der Waals surface area (Å²) in [4.78, 5) is 19.0. The van der Waals surface area contributed by atoms with Gasteiger partial charge in [0.25, 0.3) is 5.56 Å². The first kappa shape index (κ1) is 20.9. The van der Waals surface area contributed by atoms with Crippen LogP contribution in [0.25, 0.3) is 17.0 Å². The first-order valence-electron chi connectivity index (χ1n) is 10.6. The molecule has 6 heteroatoms. The second-order valence-electron chi connectivity index (χ2n) is 9.13. The highest BCUT2D eigenvalue weighted by Gasteiger charge is 2.38. The smallest absolute Gasteiger partial charge is 0.265 e. The van der Waals surface area contributed by atoms with Crippen molar-refractivity contribution >= 4 is 17.5 Å². The Labute approximate surface area is 182 Å². The molecule has 0 fully saturated rings. The fourth-order valence-electron chi connectivity index (χ4n) is 4.20. The second kappa shape index (κ2) is 7.73. The molecule has 0 unspecified atom stereocenters. The third kappa shape index (κ3) is 3.41. The van der Waals surface area contributed by atoms with Crippen LogP contribution in [-0.2, 0) is 18.4 Å². The lowest BCUT2D eigenvalue weighted by atomic mass is 9.69. The highest BCUT2D eigenvalue weighted by molar-refractivity contribution is 7.99. The van der Waals surface area contributed by atoms with Gasteiger partial charge in [0.1, 0.15) is 0 Å². The Kier molecular flexibility index (Phi) is 5.39. The number of allylic oxidation sites excluding steroid dienone is 1. The average molecular weight is 423 g/mol. The van der Waals surface area contributed by atoms with Gasteiger partial charge in [-0.05, 0) is 31.2 Å². The highest BCUT2D eigenvalue weighted by atomic mass is 32.2. The lowest BCUT2D eigenvalue weighted by Crippen LogP contribution is -2.38. The maximum atomic E-state index is 14.0. The van der Waals surface area contributed by atoms with Crippen LogP contribution in [0.3, 0.4) is 0 Å². The topological polar surface area (TPSA) is 52.2 Å². The number of hydrogen-bond donors (Lipinski definition) is 0. The first-order valence-corrected chi connectivity index (χ1v) is 11.6. The van der Waals surface area contributed by atoms with Gasteiger partial charge in [0.05, 0.1) is 17.8 Å². The molecule has 3 aromatic rings. The molecule has 30 heavy (non-hydrogen) atoms. The van der Waals surface area contributed by atoms with Gasteiger partial charge in [-0.1, -0.05) is 75.9 Å². The summed E-state index contributed by atoms with van der Waals surface area (Å²) in [6.07, 6.45) is 1.73. The van der Waals surface area contributed by atoms with Crippen LogP contribution >= 0.6 is 11.8 Å². The third-order valence-corrected chi connectivity index (χ3v) is 7.25. The van der Waals surface area contributed by atoms with Crippen molar-refractivity contribution in [2.24, 2.45) is 5.92 Å². The molecule has 0 saturated heterocycles. The fraction of sp³-hybridized carbons (Fsp3) is 0.458. The summed E-state index contributed by atoms with van der Waals surface area (Å²) in [5.41, 5.74) is 4.71. The van der Waals surface area contributed by atoms with Crippen LogP contribution in [0.1, 0.15) is 52.2 Å². The summed E-state index contributed by atoms with van der Waals surface area (Å²) in [7, 11) is 0. The summed E-state index contributed by atoms with van der Waals surface area (Å²) >= 11 is 1.63. The molecule has 1 aromatic carbocycles. The number of aromatic nitrogens is 4. The zero-order valence-electron chi connectivity index (χ0n) is 18.5. The minimum absolute atomic E-state index is 0.0214. The predicted molar refractivity (Wildman–Crippen MR) is 124 cm³/mol. The van der Waals surface area contributed by atoms with Crippen molar-refractivity contribution in [1.82, 2.24) is 19.2 Å². The van der Waals surface area contributed by atoms with Crippen LogP contribution in [0.4, 0.5) is 0 Å². The average Bonchev–Trinajstić information content (AvgIpc) is 3.03. The first-order chi connectivity index (χ1) is 14.2. The van der Waals surface area contributed by atoms with Crippen LogP contribution in [0, 0.1) is 5.92 Å². The van der Waals surface area contributed by atoms with Crippen molar-refractivity contribution < 1.29 is 0 Å². The molecule has 0 aliphatic heterocycles. The van der Waals surface area contributed by atoms with Crippen molar-refractivity contribution in [2.45, 2.75) is 64.6 Å². The summed E-state index contributed by atoms with van der Waals surface area (Å²) in [6.45, 7) is 15.3. The predicted octanol–water partition coefficient (Wildman–Crippen LogP) is 5.11. The molecular formula is C24H30N4OS. The lowest BCUT2D eigenvalue weighted by Gasteiger charge is -2.35. The SMILES string of the molecule is C=C(C)Cn1nc(SCC(C)C)n2c(=O)c3c(nc12)-c1ccccc1C[C@]3(C)CC. The van der Waals surface area contributed by atoms with Gasteiger partial charge in [-0.3, -0.25) is 4.79 Å². The van der Waals surface area contributed by atoms with E-state index in [2.05, 4.69) is 52.5 Å². The molecule has 2 heterocycles. The van der Waals surface area contributed by atoms with Crippen molar-refractivity contribution in [3.63, 3.8) is 0 Å². The largest absolute Gasteiger partial charge is 0.268 e. The molecule has 158 valence electrons. The summed E-state index contributed by atoms with van der Waals surface area (Å²) in [5.74, 6) is 2.00. The Balaban J connectivity index is 2.06. The van der Waals surface area contributed by atoms with Gasteiger partial charge in [-0.25, -0.2) is 14.1 Å². The maximum Gasteiger partial charge on any atom is 0.265 e.